The van der Waals surface area contributed by atoms with E-state index < -0.39 is 11.6 Å². The summed E-state index contributed by atoms with van der Waals surface area (Å²) in [5.41, 5.74) is 2.21. The first-order chi connectivity index (χ1) is 9.06. The summed E-state index contributed by atoms with van der Waals surface area (Å²) in [6.07, 6.45) is 0.816. The van der Waals surface area contributed by atoms with Crippen molar-refractivity contribution >= 4 is 0 Å². The fourth-order valence-electron chi connectivity index (χ4n) is 2.18. The van der Waals surface area contributed by atoms with E-state index in [9.17, 15) is 8.78 Å². The summed E-state index contributed by atoms with van der Waals surface area (Å²) in [6.45, 7) is 2.01. The van der Waals surface area contributed by atoms with Gasteiger partial charge in [0.25, 0.3) is 0 Å². The fraction of sp³-hybridized carbons (Fsp3) is 0.357. The molecule has 102 valence electrons. The van der Waals surface area contributed by atoms with Crippen molar-refractivity contribution in [3.8, 4) is 0 Å². The number of hydrogen-bond donors (Lipinski definition) is 1. The molecule has 1 unspecified atom stereocenters. The Labute approximate surface area is 111 Å². The van der Waals surface area contributed by atoms with Crippen LogP contribution in [0.25, 0.3) is 0 Å². The van der Waals surface area contributed by atoms with Crippen LogP contribution < -0.4 is 5.32 Å². The highest BCUT2D eigenvalue weighted by Gasteiger charge is 2.20. The SMILES string of the molecule is CCc1cc(C(NC)c2ccc(F)cc2F)n(C)n1. The van der Waals surface area contributed by atoms with Gasteiger partial charge in [-0.3, -0.25) is 4.68 Å². The van der Waals surface area contributed by atoms with Crippen LogP contribution in [-0.4, -0.2) is 16.8 Å². The predicted molar refractivity (Wildman–Crippen MR) is 69.8 cm³/mol. The second-order valence-corrected chi connectivity index (χ2v) is 4.43. The molecule has 0 amide bonds. The van der Waals surface area contributed by atoms with E-state index in [0.717, 1.165) is 23.9 Å². The molecule has 0 aliphatic heterocycles. The van der Waals surface area contributed by atoms with Gasteiger partial charge >= 0.3 is 0 Å². The molecule has 19 heavy (non-hydrogen) atoms. The molecule has 1 atom stereocenters. The first kappa shape index (κ1) is 13.7. The maximum atomic E-state index is 13.9. The third kappa shape index (κ3) is 2.66. The Balaban J connectivity index is 2.46. The Hall–Kier alpha value is -1.75. The van der Waals surface area contributed by atoms with Gasteiger partial charge in [-0.05, 0) is 25.6 Å². The summed E-state index contributed by atoms with van der Waals surface area (Å²) in [4.78, 5) is 0. The number of aryl methyl sites for hydroxylation is 2. The lowest BCUT2D eigenvalue weighted by Gasteiger charge is -2.17. The second-order valence-electron chi connectivity index (χ2n) is 4.43. The maximum Gasteiger partial charge on any atom is 0.131 e. The number of aromatic nitrogens is 2. The van der Waals surface area contributed by atoms with Crippen molar-refractivity contribution in [2.24, 2.45) is 7.05 Å². The molecule has 5 heteroatoms. The molecule has 3 nitrogen and oxygen atoms in total. The van der Waals surface area contributed by atoms with Gasteiger partial charge in [-0.1, -0.05) is 13.0 Å². The van der Waals surface area contributed by atoms with Crippen LogP contribution in [0.2, 0.25) is 0 Å². The molecule has 2 rings (SSSR count). The summed E-state index contributed by atoms with van der Waals surface area (Å²) < 4.78 is 28.6. The van der Waals surface area contributed by atoms with Gasteiger partial charge in [-0.2, -0.15) is 5.10 Å². The molecule has 0 radical (unpaired) electrons. The van der Waals surface area contributed by atoms with E-state index in [4.69, 9.17) is 0 Å². The quantitative estimate of drug-likeness (QED) is 0.920. The number of hydrogen-bond acceptors (Lipinski definition) is 2. The third-order valence-electron chi connectivity index (χ3n) is 3.19. The number of nitrogens with zero attached hydrogens (tertiary/aromatic N) is 2. The highest BCUT2D eigenvalue weighted by molar-refractivity contribution is 5.30. The third-order valence-corrected chi connectivity index (χ3v) is 3.19. The fourth-order valence-corrected chi connectivity index (χ4v) is 2.18. The average Bonchev–Trinajstić information content (AvgIpc) is 2.74. The van der Waals surface area contributed by atoms with E-state index >= 15 is 0 Å². The monoisotopic (exact) mass is 265 g/mol. The van der Waals surface area contributed by atoms with Crippen molar-refractivity contribution in [3.05, 3.63) is 52.9 Å². The van der Waals surface area contributed by atoms with Crippen molar-refractivity contribution in [2.45, 2.75) is 19.4 Å². The number of rotatable bonds is 4. The molecule has 0 saturated carbocycles. The molecule has 0 spiro atoms. The van der Waals surface area contributed by atoms with E-state index in [2.05, 4.69) is 10.4 Å². The molecule has 1 aromatic carbocycles. The summed E-state index contributed by atoms with van der Waals surface area (Å²) in [5.74, 6) is -1.13. The van der Waals surface area contributed by atoms with Crippen molar-refractivity contribution in [1.82, 2.24) is 15.1 Å². The van der Waals surface area contributed by atoms with Crippen LogP contribution in [0.3, 0.4) is 0 Å². The van der Waals surface area contributed by atoms with Crippen molar-refractivity contribution < 1.29 is 8.78 Å². The molecule has 1 heterocycles. The van der Waals surface area contributed by atoms with Crippen LogP contribution in [0.4, 0.5) is 8.78 Å². The first-order valence-corrected chi connectivity index (χ1v) is 6.21. The van der Waals surface area contributed by atoms with Gasteiger partial charge in [0.2, 0.25) is 0 Å². The molecule has 1 N–H and O–H groups in total. The highest BCUT2D eigenvalue weighted by atomic mass is 19.1. The zero-order valence-corrected chi connectivity index (χ0v) is 11.2. The van der Waals surface area contributed by atoms with Gasteiger partial charge in [-0.25, -0.2) is 8.78 Å². The van der Waals surface area contributed by atoms with Gasteiger partial charge in [0.05, 0.1) is 17.4 Å². The predicted octanol–water partition coefficient (Wildman–Crippen LogP) is 2.57. The standard InChI is InChI=1S/C14H17F2N3/c1-4-10-8-13(19(3)18-10)14(17-2)11-6-5-9(15)7-12(11)16/h5-8,14,17H,4H2,1-3H3. The number of benzene rings is 1. The first-order valence-electron chi connectivity index (χ1n) is 6.21. The Morgan fingerprint density at radius 3 is 2.58 bits per heavy atom. The largest absolute Gasteiger partial charge is 0.308 e. The number of nitrogens with one attached hydrogen (secondary N) is 1. The van der Waals surface area contributed by atoms with E-state index in [1.54, 1.807) is 11.7 Å². The van der Waals surface area contributed by atoms with Gasteiger partial charge in [0.1, 0.15) is 11.6 Å². The van der Waals surface area contributed by atoms with Gasteiger partial charge < -0.3 is 5.32 Å². The molecular weight excluding hydrogens is 248 g/mol. The molecule has 0 aliphatic carbocycles. The zero-order valence-electron chi connectivity index (χ0n) is 11.2. The minimum atomic E-state index is -0.574. The minimum absolute atomic E-state index is 0.349. The van der Waals surface area contributed by atoms with Crippen LogP contribution >= 0.6 is 0 Å². The molecule has 0 fully saturated rings. The lowest BCUT2D eigenvalue weighted by Crippen LogP contribution is -2.21. The summed E-state index contributed by atoms with van der Waals surface area (Å²) in [6, 6.07) is 5.21. The summed E-state index contributed by atoms with van der Waals surface area (Å²) >= 11 is 0. The molecule has 0 bridgehead atoms. The highest BCUT2D eigenvalue weighted by Crippen LogP contribution is 2.25. The van der Waals surface area contributed by atoms with Crippen LogP contribution in [0, 0.1) is 11.6 Å². The van der Waals surface area contributed by atoms with Gasteiger partial charge in [-0.15, -0.1) is 0 Å². The molecule has 0 saturated heterocycles. The average molecular weight is 265 g/mol. The topological polar surface area (TPSA) is 29.9 Å². The van der Waals surface area contributed by atoms with E-state index in [-0.39, 0.29) is 6.04 Å². The Kier molecular flexibility index (Phi) is 3.95. The van der Waals surface area contributed by atoms with E-state index in [0.29, 0.717) is 5.56 Å². The Bertz CT molecular complexity index is 578. The van der Waals surface area contributed by atoms with Gasteiger partial charge in [0, 0.05) is 18.7 Å². The summed E-state index contributed by atoms with van der Waals surface area (Å²) in [7, 11) is 3.56. The second kappa shape index (κ2) is 5.48. The molecule has 1 aromatic heterocycles. The molecule has 0 aliphatic rings. The van der Waals surface area contributed by atoms with Crippen LogP contribution in [0.5, 0.6) is 0 Å². The Morgan fingerprint density at radius 1 is 1.32 bits per heavy atom. The van der Waals surface area contributed by atoms with Crippen molar-refractivity contribution in [1.29, 1.82) is 0 Å². The Morgan fingerprint density at radius 2 is 2.05 bits per heavy atom. The number of halogens is 2. The maximum absolute atomic E-state index is 13.9. The summed E-state index contributed by atoms with van der Waals surface area (Å²) in [5, 5.41) is 7.40. The smallest absolute Gasteiger partial charge is 0.131 e. The van der Waals surface area contributed by atoms with Crippen LogP contribution in [0.1, 0.15) is 29.9 Å². The van der Waals surface area contributed by atoms with Crippen LogP contribution in [-0.2, 0) is 13.5 Å². The van der Waals surface area contributed by atoms with E-state index in [1.807, 2.05) is 20.0 Å². The molecular formula is C14H17F2N3. The van der Waals surface area contributed by atoms with E-state index in [1.165, 1.54) is 12.1 Å². The zero-order chi connectivity index (χ0) is 14.0. The van der Waals surface area contributed by atoms with Gasteiger partial charge in [0.15, 0.2) is 0 Å². The lowest BCUT2D eigenvalue weighted by atomic mass is 10.0. The normalized spacial score (nSPS) is 12.7. The minimum Gasteiger partial charge on any atom is -0.308 e. The van der Waals surface area contributed by atoms with Crippen molar-refractivity contribution in [2.75, 3.05) is 7.05 Å². The lowest BCUT2D eigenvalue weighted by molar-refractivity contribution is 0.536. The van der Waals surface area contributed by atoms with Crippen LogP contribution in [0.15, 0.2) is 24.3 Å². The van der Waals surface area contributed by atoms with Crippen molar-refractivity contribution in [3.63, 3.8) is 0 Å². The molecule has 2 aromatic rings.